The number of nitrogens with zero attached hydrogens (tertiary/aromatic N) is 2. The van der Waals surface area contributed by atoms with E-state index in [0.29, 0.717) is 0 Å². The molecule has 0 aliphatic heterocycles. The monoisotopic (exact) mass is 355 g/mol. The Morgan fingerprint density at radius 1 is 1.15 bits per heavy atom. The van der Waals surface area contributed by atoms with Gasteiger partial charge < -0.3 is 0 Å². The van der Waals surface area contributed by atoms with E-state index in [0.717, 1.165) is 12.1 Å². The molecule has 2 aromatic rings. The van der Waals surface area contributed by atoms with Crippen molar-refractivity contribution in [2.45, 2.75) is 4.90 Å². The fraction of sp³-hybridized carbons (Fsp3) is 0. The molecule has 1 heterocycles. The van der Waals surface area contributed by atoms with Crippen molar-refractivity contribution in [3.8, 4) is 0 Å². The molecule has 5 nitrogen and oxygen atoms in total. The van der Waals surface area contributed by atoms with Crippen LogP contribution in [0.5, 0.6) is 0 Å². The highest BCUT2D eigenvalue weighted by atomic mass is 35.5. The number of nitrogens with one attached hydrogen (secondary N) is 1. The lowest BCUT2D eigenvalue weighted by atomic mass is 10.3. The van der Waals surface area contributed by atoms with Gasteiger partial charge in [0, 0.05) is 6.20 Å². The van der Waals surface area contributed by atoms with Gasteiger partial charge in [-0.2, -0.15) is 4.98 Å². The predicted molar refractivity (Wildman–Crippen MR) is 74.3 cm³/mol. The lowest BCUT2D eigenvalue weighted by Gasteiger charge is -2.09. The van der Waals surface area contributed by atoms with Gasteiger partial charge in [0.1, 0.15) is 10.7 Å². The molecule has 106 valence electrons. The molecule has 0 radical (unpaired) electrons. The molecule has 0 aliphatic rings. The van der Waals surface area contributed by atoms with Gasteiger partial charge >= 0.3 is 0 Å². The summed E-state index contributed by atoms with van der Waals surface area (Å²) in [7, 11) is -4.13. The lowest BCUT2D eigenvalue weighted by molar-refractivity contribution is 0.595. The van der Waals surface area contributed by atoms with Crippen molar-refractivity contribution in [2.75, 3.05) is 4.72 Å². The van der Waals surface area contributed by atoms with Gasteiger partial charge in [-0.1, -0.05) is 23.2 Å². The topological polar surface area (TPSA) is 72.0 Å². The standard InChI is InChI=1S/C10H5Cl3FN3O2S/c11-5-1-2-6(8(12)9(5)14)20(18,19)17-7-3-4-15-10(13)16-7/h1-4H,(H,15,16,17). The first kappa shape index (κ1) is 15.2. The number of hydrogen-bond donors (Lipinski definition) is 1. The van der Waals surface area contributed by atoms with Crippen molar-refractivity contribution in [3.05, 3.63) is 45.5 Å². The summed E-state index contributed by atoms with van der Waals surface area (Å²) < 4.78 is 39.8. The van der Waals surface area contributed by atoms with E-state index in [-0.39, 0.29) is 16.1 Å². The Morgan fingerprint density at radius 2 is 1.85 bits per heavy atom. The number of anilines is 1. The summed E-state index contributed by atoms with van der Waals surface area (Å²) in [6.07, 6.45) is 1.26. The Morgan fingerprint density at radius 3 is 2.50 bits per heavy atom. The van der Waals surface area contributed by atoms with Crippen LogP contribution in [0.2, 0.25) is 15.3 Å². The highest BCUT2D eigenvalue weighted by molar-refractivity contribution is 7.92. The Bertz CT molecular complexity index is 770. The van der Waals surface area contributed by atoms with Crippen molar-refractivity contribution in [2.24, 2.45) is 0 Å². The van der Waals surface area contributed by atoms with Crippen LogP contribution in [0.4, 0.5) is 10.2 Å². The number of halogens is 4. The van der Waals surface area contributed by atoms with Crippen LogP contribution < -0.4 is 4.72 Å². The minimum atomic E-state index is -4.13. The normalized spacial score (nSPS) is 11.4. The molecule has 20 heavy (non-hydrogen) atoms. The molecular weight excluding hydrogens is 352 g/mol. The number of sulfonamides is 1. The molecule has 0 spiro atoms. The molecule has 0 atom stereocenters. The van der Waals surface area contributed by atoms with Crippen molar-refractivity contribution < 1.29 is 12.8 Å². The molecule has 10 heteroatoms. The quantitative estimate of drug-likeness (QED) is 0.676. The molecule has 0 saturated heterocycles. The van der Waals surface area contributed by atoms with Gasteiger partial charge in [-0.3, -0.25) is 4.72 Å². The molecule has 0 bridgehead atoms. The summed E-state index contributed by atoms with van der Waals surface area (Å²) in [5.41, 5.74) is 0. The van der Waals surface area contributed by atoms with Gasteiger partial charge in [0.05, 0.1) is 10.0 Å². The molecular formula is C10H5Cl3FN3O2S. The van der Waals surface area contributed by atoms with E-state index >= 15 is 0 Å². The van der Waals surface area contributed by atoms with Crippen LogP contribution in [0.15, 0.2) is 29.3 Å². The van der Waals surface area contributed by atoms with Crippen LogP contribution in [0, 0.1) is 5.82 Å². The molecule has 1 aromatic heterocycles. The van der Waals surface area contributed by atoms with Gasteiger partial charge in [0.2, 0.25) is 5.28 Å². The maximum Gasteiger partial charge on any atom is 0.264 e. The number of aromatic nitrogens is 2. The van der Waals surface area contributed by atoms with E-state index in [2.05, 4.69) is 14.7 Å². The molecule has 0 aliphatic carbocycles. The van der Waals surface area contributed by atoms with Crippen LogP contribution in [0.1, 0.15) is 0 Å². The summed E-state index contributed by atoms with van der Waals surface area (Å²) >= 11 is 16.7. The van der Waals surface area contributed by atoms with E-state index in [1.54, 1.807) is 0 Å². The largest absolute Gasteiger partial charge is 0.264 e. The molecule has 0 saturated carbocycles. The Hall–Kier alpha value is -1.15. The second-order valence-electron chi connectivity index (χ2n) is 3.49. The van der Waals surface area contributed by atoms with E-state index in [1.807, 2.05) is 0 Å². The van der Waals surface area contributed by atoms with Gasteiger partial charge in [-0.05, 0) is 29.8 Å². The highest BCUT2D eigenvalue weighted by Gasteiger charge is 2.22. The zero-order chi connectivity index (χ0) is 14.9. The molecule has 2 rings (SSSR count). The van der Waals surface area contributed by atoms with Crippen LogP contribution >= 0.6 is 34.8 Å². The van der Waals surface area contributed by atoms with E-state index in [4.69, 9.17) is 34.8 Å². The predicted octanol–water partition coefficient (Wildman–Crippen LogP) is 3.38. The van der Waals surface area contributed by atoms with E-state index in [9.17, 15) is 12.8 Å². The zero-order valence-corrected chi connectivity index (χ0v) is 12.5. The van der Waals surface area contributed by atoms with Crippen LogP contribution in [-0.4, -0.2) is 18.4 Å². The van der Waals surface area contributed by atoms with Crippen LogP contribution in [-0.2, 0) is 10.0 Å². The second-order valence-corrected chi connectivity index (χ2v) is 6.26. The van der Waals surface area contributed by atoms with Crippen LogP contribution in [0.3, 0.4) is 0 Å². The number of rotatable bonds is 3. The average Bonchev–Trinajstić information content (AvgIpc) is 2.35. The third kappa shape index (κ3) is 3.12. The summed E-state index contributed by atoms with van der Waals surface area (Å²) in [6, 6.07) is 3.45. The molecule has 0 amide bonds. The van der Waals surface area contributed by atoms with Gasteiger partial charge in [0.25, 0.3) is 10.0 Å². The lowest BCUT2D eigenvalue weighted by Crippen LogP contribution is -2.15. The first-order valence-electron chi connectivity index (χ1n) is 4.96. The molecule has 0 unspecified atom stereocenters. The van der Waals surface area contributed by atoms with Gasteiger partial charge in [-0.15, -0.1) is 0 Å². The first-order chi connectivity index (χ1) is 9.31. The highest BCUT2D eigenvalue weighted by Crippen LogP contribution is 2.30. The first-order valence-corrected chi connectivity index (χ1v) is 7.58. The summed E-state index contributed by atoms with van der Waals surface area (Å²) in [4.78, 5) is 6.79. The summed E-state index contributed by atoms with van der Waals surface area (Å²) in [5.74, 6) is -1.09. The molecule has 1 N–H and O–H groups in total. The SMILES string of the molecule is O=S(=O)(Nc1ccnc(Cl)n1)c1ccc(Cl)c(F)c1Cl. The molecule has 1 aromatic carbocycles. The maximum absolute atomic E-state index is 13.5. The summed E-state index contributed by atoms with van der Waals surface area (Å²) in [6.45, 7) is 0. The average molecular weight is 357 g/mol. The Balaban J connectivity index is 2.44. The zero-order valence-electron chi connectivity index (χ0n) is 9.44. The minimum absolute atomic E-state index is 0.0728. The third-order valence-electron chi connectivity index (χ3n) is 2.15. The number of benzene rings is 1. The van der Waals surface area contributed by atoms with Crippen molar-refractivity contribution in [3.63, 3.8) is 0 Å². The Labute approximate surface area is 128 Å². The molecule has 0 fully saturated rings. The Kier molecular flexibility index (Phi) is 4.33. The number of hydrogen-bond acceptors (Lipinski definition) is 4. The van der Waals surface area contributed by atoms with Gasteiger partial charge in [0.15, 0.2) is 5.82 Å². The summed E-state index contributed by atoms with van der Waals surface area (Å²) in [5, 5.41) is -1.03. The maximum atomic E-state index is 13.5. The van der Waals surface area contributed by atoms with Crippen molar-refractivity contribution in [1.29, 1.82) is 0 Å². The fourth-order valence-corrected chi connectivity index (χ4v) is 3.19. The van der Waals surface area contributed by atoms with E-state index < -0.39 is 25.8 Å². The van der Waals surface area contributed by atoms with Gasteiger partial charge in [-0.25, -0.2) is 17.8 Å². The second kappa shape index (κ2) is 5.69. The van der Waals surface area contributed by atoms with Crippen molar-refractivity contribution >= 4 is 50.6 Å². The smallest absolute Gasteiger partial charge is 0.263 e. The minimum Gasteiger partial charge on any atom is -0.263 e. The third-order valence-corrected chi connectivity index (χ3v) is 4.51. The van der Waals surface area contributed by atoms with Crippen LogP contribution in [0.25, 0.3) is 0 Å². The van der Waals surface area contributed by atoms with E-state index in [1.165, 1.54) is 12.3 Å². The fourth-order valence-electron chi connectivity index (χ4n) is 1.30. The van der Waals surface area contributed by atoms with Crippen molar-refractivity contribution in [1.82, 2.24) is 9.97 Å².